The molecule has 1 saturated heterocycles. The van der Waals surface area contributed by atoms with Crippen LogP contribution in [0.5, 0.6) is 11.5 Å². The van der Waals surface area contributed by atoms with E-state index in [2.05, 4.69) is 19.1 Å². The van der Waals surface area contributed by atoms with Crippen molar-refractivity contribution in [1.82, 2.24) is 4.90 Å². The van der Waals surface area contributed by atoms with Crippen molar-refractivity contribution in [2.45, 2.75) is 38.0 Å². The number of rotatable bonds is 7. The van der Waals surface area contributed by atoms with Crippen molar-refractivity contribution < 1.29 is 9.53 Å². The predicted molar refractivity (Wildman–Crippen MR) is 104 cm³/mol. The number of nitrogens with zero attached hydrogens (tertiary/aromatic N) is 1. The Morgan fingerprint density at radius 1 is 1.12 bits per heavy atom. The standard InChI is InChI=1S/C21H25NO2S/c1-2-3-5-13-20(23)22-14-15-25-21(22)17-9-8-12-19(16-17)24-18-10-6-4-7-11-18/h4,6-12,16,21H,2-3,5,13-15H2,1H3/t21-/m1/s1. The van der Waals surface area contributed by atoms with E-state index >= 15 is 0 Å². The molecule has 132 valence electrons. The first-order valence-electron chi connectivity index (χ1n) is 9.02. The Morgan fingerprint density at radius 2 is 1.92 bits per heavy atom. The molecule has 2 aromatic carbocycles. The molecule has 0 N–H and O–H groups in total. The molecule has 25 heavy (non-hydrogen) atoms. The van der Waals surface area contributed by atoms with Crippen molar-refractivity contribution in [3.63, 3.8) is 0 Å². The Bertz CT molecular complexity index is 689. The highest BCUT2D eigenvalue weighted by Gasteiger charge is 2.30. The summed E-state index contributed by atoms with van der Waals surface area (Å²) in [6, 6.07) is 17.9. The molecule has 0 unspecified atom stereocenters. The number of carbonyl (C=O) groups is 1. The van der Waals surface area contributed by atoms with Crippen LogP contribution in [0.2, 0.25) is 0 Å². The summed E-state index contributed by atoms with van der Waals surface area (Å²) in [6.45, 7) is 3.00. The monoisotopic (exact) mass is 355 g/mol. The Labute approximate surface area is 154 Å². The molecule has 0 spiro atoms. The summed E-state index contributed by atoms with van der Waals surface area (Å²) in [4.78, 5) is 14.6. The first-order valence-corrected chi connectivity index (χ1v) is 10.1. The van der Waals surface area contributed by atoms with E-state index in [0.29, 0.717) is 6.42 Å². The number of benzene rings is 2. The first-order chi connectivity index (χ1) is 12.3. The molecule has 3 nitrogen and oxygen atoms in total. The van der Waals surface area contributed by atoms with Gasteiger partial charge in [0.1, 0.15) is 16.9 Å². The fourth-order valence-electron chi connectivity index (χ4n) is 3.03. The lowest BCUT2D eigenvalue weighted by molar-refractivity contribution is -0.131. The summed E-state index contributed by atoms with van der Waals surface area (Å²) in [5, 5.41) is 0.105. The number of ether oxygens (including phenoxy) is 1. The first kappa shape index (κ1) is 17.9. The molecule has 1 fully saturated rings. The highest BCUT2D eigenvalue weighted by atomic mass is 32.2. The largest absolute Gasteiger partial charge is 0.457 e. The van der Waals surface area contributed by atoms with E-state index in [9.17, 15) is 4.79 Å². The zero-order valence-electron chi connectivity index (χ0n) is 14.7. The van der Waals surface area contributed by atoms with Gasteiger partial charge in [0, 0.05) is 18.7 Å². The van der Waals surface area contributed by atoms with Crippen LogP contribution in [-0.4, -0.2) is 23.1 Å². The number of para-hydroxylation sites is 1. The van der Waals surface area contributed by atoms with Gasteiger partial charge in [0.05, 0.1) is 0 Å². The summed E-state index contributed by atoms with van der Waals surface area (Å²) < 4.78 is 5.94. The van der Waals surface area contributed by atoms with Gasteiger partial charge >= 0.3 is 0 Å². The normalized spacial score (nSPS) is 16.8. The summed E-state index contributed by atoms with van der Waals surface area (Å²) >= 11 is 1.84. The van der Waals surface area contributed by atoms with Crippen LogP contribution >= 0.6 is 11.8 Å². The molecule has 0 radical (unpaired) electrons. The third-order valence-corrected chi connectivity index (χ3v) is 5.59. The minimum absolute atomic E-state index is 0.105. The lowest BCUT2D eigenvalue weighted by Crippen LogP contribution is -2.30. The topological polar surface area (TPSA) is 29.5 Å². The highest BCUT2D eigenvalue weighted by molar-refractivity contribution is 7.99. The van der Waals surface area contributed by atoms with Crippen LogP contribution in [0.15, 0.2) is 54.6 Å². The molecule has 0 saturated carbocycles. The molecule has 1 heterocycles. The molecule has 1 amide bonds. The average molecular weight is 356 g/mol. The van der Waals surface area contributed by atoms with E-state index in [1.54, 1.807) is 0 Å². The summed E-state index contributed by atoms with van der Waals surface area (Å²) in [5.74, 6) is 2.91. The van der Waals surface area contributed by atoms with Crippen LogP contribution in [0.3, 0.4) is 0 Å². The van der Waals surface area contributed by atoms with Gasteiger partial charge in [-0.05, 0) is 36.2 Å². The van der Waals surface area contributed by atoms with Crippen LogP contribution in [0.25, 0.3) is 0 Å². The number of carbonyl (C=O) groups excluding carboxylic acids is 1. The lowest BCUT2D eigenvalue weighted by Gasteiger charge is -2.24. The summed E-state index contributed by atoms with van der Waals surface area (Å²) in [7, 11) is 0. The maximum Gasteiger partial charge on any atom is 0.223 e. The second-order valence-corrected chi connectivity index (χ2v) is 7.44. The maximum absolute atomic E-state index is 12.6. The summed E-state index contributed by atoms with van der Waals surface area (Å²) in [6.07, 6.45) is 3.91. The molecule has 0 aliphatic carbocycles. The number of thioether (sulfide) groups is 1. The van der Waals surface area contributed by atoms with Gasteiger partial charge in [0.2, 0.25) is 5.91 Å². The number of hydrogen-bond acceptors (Lipinski definition) is 3. The Balaban J connectivity index is 1.70. The lowest BCUT2D eigenvalue weighted by atomic mass is 10.1. The van der Waals surface area contributed by atoms with E-state index in [0.717, 1.165) is 48.6 Å². The predicted octanol–water partition coefficient (Wildman–Crippen LogP) is 5.63. The number of hydrogen-bond donors (Lipinski definition) is 0. The van der Waals surface area contributed by atoms with E-state index in [-0.39, 0.29) is 11.3 Å². The molecule has 1 atom stereocenters. The van der Waals surface area contributed by atoms with Gasteiger partial charge in [-0.15, -0.1) is 11.8 Å². The van der Waals surface area contributed by atoms with Crippen molar-refractivity contribution in [2.24, 2.45) is 0 Å². The van der Waals surface area contributed by atoms with E-state index < -0.39 is 0 Å². The zero-order chi connectivity index (χ0) is 17.5. The van der Waals surface area contributed by atoms with Gasteiger partial charge in [-0.3, -0.25) is 4.79 Å². The molecule has 2 aromatic rings. The Kier molecular flexibility index (Phi) is 6.40. The minimum atomic E-state index is 0.105. The van der Waals surface area contributed by atoms with Crippen LogP contribution in [0.1, 0.15) is 43.5 Å². The summed E-state index contributed by atoms with van der Waals surface area (Å²) in [5.41, 5.74) is 1.14. The molecule has 3 rings (SSSR count). The van der Waals surface area contributed by atoms with Gasteiger partial charge < -0.3 is 9.64 Å². The quantitative estimate of drug-likeness (QED) is 0.603. The molecule has 1 aliphatic heterocycles. The molecule has 0 bridgehead atoms. The van der Waals surface area contributed by atoms with Crippen LogP contribution in [0.4, 0.5) is 0 Å². The maximum atomic E-state index is 12.6. The van der Waals surface area contributed by atoms with Crippen LogP contribution in [-0.2, 0) is 4.79 Å². The second-order valence-electron chi connectivity index (χ2n) is 6.25. The highest BCUT2D eigenvalue weighted by Crippen LogP contribution is 2.39. The fraction of sp³-hybridized carbons (Fsp3) is 0.381. The van der Waals surface area contributed by atoms with Gasteiger partial charge in [-0.1, -0.05) is 50.1 Å². The van der Waals surface area contributed by atoms with Crippen molar-refractivity contribution in [1.29, 1.82) is 0 Å². The third-order valence-electron chi connectivity index (χ3n) is 4.33. The molecular weight excluding hydrogens is 330 g/mol. The molecular formula is C21H25NO2S. The smallest absolute Gasteiger partial charge is 0.223 e. The number of amides is 1. The minimum Gasteiger partial charge on any atom is -0.457 e. The van der Waals surface area contributed by atoms with Gasteiger partial charge in [-0.2, -0.15) is 0 Å². The van der Waals surface area contributed by atoms with Gasteiger partial charge in [0.25, 0.3) is 0 Å². The average Bonchev–Trinajstić information content (AvgIpc) is 3.13. The van der Waals surface area contributed by atoms with Crippen molar-refractivity contribution in [2.75, 3.05) is 12.3 Å². The van der Waals surface area contributed by atoms with E-state index in [1.807, 2.05) is 59.1 Å². The fourth-order valence-corrected chi connectivity index (χ4v) is 4.30. The van der Waals surface area contributed by atoms with Gasteiger partial charge in [0.15, 0.2) is 0 Å². The van der Waals surface area contributed by atoms with Crippen molar-refractivity contribution in [3.05, 3.63) is 60.2 Å². The molecule has 0 aromatic heterocycles. The second kappa shape index (κ2) is 8.95. The van der Waals surface area contributed by atoms with Crippen molar-refractivity contribution >= 4 is 17.7 Å². The van der Waals surface area contributed by atoms with E-state index in [4.69, 9.17) is 4.74 Å². The van der Waals surface area contributed by atoms with E-state index in [1.165, 1.54) is 0 Å². The number of unbranched alkanes of at least 4 members (excludes halogenated alkanes) is 2. The molecule has 1 aliphatic rings. The third kappa shape index (κ3) is 4.79. The van der Waals surface area contributed by atoms with Crippen molar-refractivity contribution in [3.8, 4) is 11.5 Å². The zero-order valence-corrected chi connectivity index (χ0v) is 15.5. The Morgan fingerprint density at radius 3 is 2.72 bits per heavy atom. The molecule has 4 heteroatoms. The van der Waals surface area contributed by atoms with Crippen LogP contribution < -0.4 is 4.74 Å². The SMILES string of the molecule is CCCCCC(=O)N1CCS[C@@H]1c1cccc(Oc2ccccc2)c1. The Hall–Kier alpha value is -1.94. The van der Waals surface area contributed by atoms with Gasteiger partial charge in [-0.25, -0.2) is 0 Å². The van der Waals surface area contributed by atoms with Crippen LogP contribution in [0, 0.1) is 0 Å².